The third-order valence-corrected chi connectivity index (χ3v) is 5.03. The Bertz CT molecular complexity index is 782. The normalized spacial score (nSPS) is 21.0. The van der Waals surface area contributed by atoms with Gasteiger partial charge in [-0.3, -0.25) is 9.35 Å². The molecule has 2 N–H and O–H groups in total. The van der Waals surface area contributed by atoms with Crippen molar-refractivity contribution in [2.45, 2.75) is 59.0 Å². The summed E-state index contributed by atoms with van der Waals surface area (Å²) in [6.07, 6.45) is 1.84. The van der Waals surface area contributed by atoms with E-state index in [2.05, 4.69) is 4.18 Å². The summed E-state index contributed by atoms with van der Waals surface area (Å²) in [6, 6.07) is 0. The topological polar surface area (TPSA) is 110 Å². The van der Waals surface area contributed by atoms with Crippen molar-refractivity contribution in [1.82, 2.24) is 0 Å². The van der Waals surface area contributed by atoms with Gasteiger partial charge < -0.3 is 14.0 Å². The monoisotopic (exact) mass is 358 g/mol. The highest BCUT2D eigenvalue weighted by molar-refractivity contribution is 7.81. The van der Waals surface area contributed by atoms with Crippen molar-refractivity contribution in [2.75, 3.05) is 0 Å². The Labute approximate surface area is 141 Å². The van der Waals surface area contributed by atoms with Crippen LogP contribution in [0.2, 0.25) is 0 Å². The van der Waals surface area contributed by atoms with Crippen LogP contribution in [0.1, 0.15) is 48.4 Å². The Balaban J connectivity index is 2.37. The summed E-state index contributed by atoms with van der Waals surface area (Å²) < 4.78 is 41.1. The van der Waals surface area contributed by atoms with Crippen molar-refractivity contribution in [2.24, 2.45) is 0 Å². The molecule has 1 heterocycles. The minimum Gasteiger partial charge on any atom is -0.507 e. The zero-order valence-corrected chi connectivity index (χ0v) is 15.0. The number of carbonyl (C=O) groups is 1. The molecule has 1 aromatic rings. The van der Waals surface area contributed by atoms with Crippen LogP contribution in [-0.2, 0) is 26.4 Å². The smallest absolute Gasteiger partial charge is 0.446 e. The first kappa shape index (κ1) is 18.5. The molecule has 0 bridgehead atoms. The standard InChI is InChI=1S/C16H22O7S/c1-9-10(2)15(23-24(19,20)21)11(3)12(14(9)18)5-7-16(4)8-6-13(17)22-16/h18H,5-8H2,1-4H3,(H,19,20,21). The summed E-state index contributed by atoms with van der Waals surface area (Å²) >= 11 is 0. The largest absolute Gasteiger partial charge is 0.507 e. The Hall–Kier alpha value is -1.80. The Morgan fingerprint density at radius 2 is 1.83 bits per heavy atom. The van der Waals surface area contributed by atoms with E-state index in [0.717, 1.165) is 0 Å². The van der Waals surface area contributed by atoms with Crippen LogP contribution in [0.5, 0.6) is 11.5 Å². The molecule has 0 aromatic heterocycles. The number of benzene rings is 1. The van der Waals surface area contributed by atoms with Crippen molar-refractivity contribution in [1.29, 1.82) is 0 Å². The SMILES string of the molecule is Cc1c(C)c(OS(=O)(=O)O)c(C)c(CCC2(C)CCC(=O)O2)c1O. The van der Waals surface area contributed by atoms with E-state index in [1.807, 2.05) is 6.92 Å². The van der Waals surface area contributed by atoms with Crippen LogP contribution in [0.25, 0.3) is 0 Å². The number of esters is 1. The number of phenols is 1. The van der Waals surface area contributed by atoms with Crippen LogP contribution in [0.4, 0.5) is 0 Å². The van der Waals surface area contributed by atoms with Gasteiger partial charge in [0.05, 0.1) is 0 Å². The third-order valence-electron chi connectivity index (χ3n) is 4.65. The maximum atomic E-state index is 11.3. The molecule has 7 nitrogen and oxygen atoms in total. The first-order chi connectivity index (χ1) is 10.9. The molecule has 1 aliphatic heterocycles. The lowest BCUT2D eigenvalue weighted by Gasteiger charge is -2.24. The minimum absolute atomic E-state index is 0.0105. The molecule has 24 heavy (non-hydrogen) atoms. The molecule has 0 radical (unpaired) electrons. The first-order valence-electron chi connectivity index (χ1n) is 7.64. The Morgan fingerprint density at radius 1 is 1.21 bits per heavy atom. The second-order valence-corrected chi connectivity index (χ2v) is 7.49. The highest BCUT2D eigenvalue weighted by Gasteiger charge is 2.36. The minimum atomic E-state index is -4.67. The second-order valence-electron chi connectivity index (χ2n) is 6.47. The van der Waals surface area contributed by atoms with Crippen LogP contribution in [-0.4, -0.2) is 29.6 Å². The number of hydrogen-bond donors (Lipinski definition) is 2. The molecular formula is C16H22O7S. The van der Waals surface area contributed by atoms with E-state index in [1.165, 1.54) is 0 Å². The van der Waals surface area contributed by atoms with E-state index in [9.17, 15) is 18.3 Å². The molecule has 0 saturated carbocycles. The van der Waals surface area contributed by atoms with Crippen molar-refractivity contribution in [3.8, 4) is 11.5 Å². The number of cyclic esters (lactones) is 1. The van der Waals surface area contributed by atoms with Gasteiger partial charge in [0.25, 0.3) is 0 Å². The third kappa shape index (κ3) is 3.81. The Kier molecular flexibility index (Phi) is 4.83. The average Bonchev–Trinajstić information content (AvgIpc) is 2.80. The lowest BCUT2D eigenvalue weighted by atomic mass is 9.89. The number of aromatic hydroxyl groups is 1. The molecule has 1 aliphatic rings. The van der Waals surface area contributed by atoms with Crippen molar-refractivity contribution < 1.29 is 31.8 Å². The Morgan fingerprint density at radius 3 is 2.33 bits per heavy atom. The van der Waals surface area contributed by atoms with Gasteiger partial charge in [0, 0.05) is 17.5 Å². The molecular weight excluding hydrogens is 336 g/mol. The summed E-state index contributed by atoms with van der Waals surface area (Å²) in [4.78, 5) is 11.3. The van der Waals surface area contributed by atoms with E-state index >= 15 is 0 Å². The summed E-state index contributed by atoms with van der Waals surface area (Å²) in [5.74, 6) is -0.175. The van der Waals surface area contributed by atoms with Gasteiger partial charge in [0.15, 0.2) is 5.75 Å². The molecule has 2 rings (SSSR count). The van der Waals surface area contributed by atoms with Crippen LogP contribution in [0.15, 0.2) is 0 Å². The molecule has 1 aromatic carbocycles. The zero-order valence-electron chi connectivity index (χ0n) is 14.2. The van der Waals surface area contributed by atoms with Crippen LogP contribution < -0.4 is 4.18 Å². The molecule has 1 saturated heterocycles. The fourth-order valence-electron chi connectivity index (χ4n) is 3.02. The summed E-state index contributed by atoms with van der Waals surface area (Å²) in [7, 11) is -4.67. The van der Waals surface area contributed by atoms with Gasteiger partial charge in [-0.05, 0) is 58.1 Å². The fraction of sp³-hybridized carbons (Fsp3) is 0.562. The van der Waals surface area contributed by atoms with Gasteiger partial charge in [-0.1, -0.05) is 0 Å². The van der Waals surface area contributed by atoms with E-state index in [0.29, 0.717) is 47.9 Å². The van der Waals surface area contributed by atoms with Crippen LogP contribution >= 0.6 is 0 Å². The van der Waals surface area contributed by atoms with Gasteiger partial charge in [-0.15, -0.1) is 0 Å². The lowest BCUT2D eigenvalue weighted by Crippen LogP contribution is -2.24. The van der Waals surface area contributed by atoms with Crippen LogP contribution in [0.3, 0.4) is 0 Å². The number of hydrogen-bond acceptors (Lipinski definition) is 6. The van der Waals surface area contributed by atoms with E-state index in [-0.39, 0.29) is 17.5 Å². The first-order valence-corrected chi connectivity index (χ1v) is 9.00. The van der Waals surface area contributed by atoms with Crippen molar-refractivity contribution in [3.63, 3.8) is 0 Å². The summed E-state index contributed by atoms with van der Waals surface area (Å²) in [5.41, 5.74) is 1.26. The highest BCUT2D eigenvalue weighted by Crippen LogP contribution is 2.40. The maximum Gasteiger partial charge on any atom is 0.446 e. The zero-order chi connectivity index (χ0) is 18.3. The van der Waals surface area contributed by atoms with Gasteiger partial charge in [0.1, 0.15) is 11.4 Å². The molecule has 0 spiro atoms. The van der Waals surface area contributed by atoms with Gasteiger partial charge >= 0.3 is 16.4 Å². The predicted octanol–water partition coefficient (Wildman–Crippen LogP) is 2.53. The average molecular weight is 358 g/mol. The van der Waals surface area contributed by atoms with Crippen molar-refractivity contribution >= 4 is 16.4 Å². The van der Waals surface area contributed by atoms with Crippen LogP contribution in [0, 0.1) is 20.8 Å². The van der Waals surface area contributed by atoms with E-state index in [1.54, 1.807) is 20.8 Å². The molecule has 0 amide bonds. The molecule has 134 valence electrons. The maximum absolute atomic E-state index is 11.3. The number of carbonyl (C=O) groups excluding carboxylic acids is 1. The molecule has 1 fully saturated rings. The van der Waals surface area contributed by atoms with Gasteiger partial charge in [0.2, 0.25) is 0 Å². The molecule has 1 atom stereocenters. The number of phenolic OH excluding ortho intramolecular Hbond substituents is 1. The summed E-state index contributed by atoms with van der Waals surface area (Å²) in [6.45, 7) is 6.69. The van der Waals surface area contributed by atoms with Gasteiger partial charge in [-0.25, -0.2) is 0 Å². The molecule has 8 heteroatoms. The fourth-order valence-corrected chi connectivity index (χ4v) is 3.48. The number of ether oxygens (including phenoxy) is 1. The summed E-state index contributed by atoms with van der Waals surface area (Å²) in [5, 5.41) is 10.4. The highest BCUT2D eigenvalue weighted by atomic mass is 32.3. The van der Waals surface area contributed by atoms with E-state index < -0.39 is 16.0 Å². The number of rotatable bonds is 5. The molecule has 0 aliphatic carbocycles. The molecule has 1 unspecified atom stereocenters. The quantitative estimate of drug-likeness (QED) is 0.614. The predicted molar refractivity (Wildman–Crippen MR) is 86.5 cm³/mol. The van der Waals surface area contributed by atoms with Crippen molar-refractivity contribution in [3.05, 3.63) is 22.3 Å². The van der Waals surface area contributed by atoms with Gasteiger partial charge in [-0.2, -0.15) is 8.42 Å². The van der Waals surface area contributed by atoms with E-state index in [4.69, 9.17) is 9.29 Å². The second kappa shape index (κ2) is 6.25. The lowest BCUT2D eigenvalue weighted by molar-refractivity contribution is -0.147.